The molecule has 1 aliphatic carbocycles. The van der Waals surface area contributed by atoms with E-state index in [0.29, 0.717) is 6.04 Å². The summed E-state index contributed by atoms with van der Waals surface area (Å²) in [4.78, 5) is 2.67. The molecule has 1 aromatic heterocycles. The van der Waals surface area contributed by atoms with Crippen molar-refractivity contribution in [3.05, 3.63) is 18.0 Å². The van der Waals surface area contributed by atoms with Crippen molar-refractivity contribution in [1.82, 2.24) is 20.0 Å². The molecule has 2 fully saturated rings. The SMILES string of the molecule is CCC1(C)CNC(C2CC2)CN1Cc1cnn(C)c1. The van der Waals surface area contributed by atoms with Crippen LogP contribution in [0.15, 0.2) is 12.4 Å². The first-order valence-corrected chi connectivity index (χ1v) is 7.57. The molecule has 1 aromatic rings. The third-order valence-corrected chi connectivity index (χ3v) is 5.01. The van der Waals surface area contributed by atoms with Crippen molar-refractivity contribution in [2.45, 2.75) is 51.2 Å². The molecular formula is C15H26N4. The smallest absolute Gasteiger partial charge is 0.0534 e. The highest BCUT2D eigenvalue weighted by atomic mass is 15.3. The number of nitrogens with zero attached hydrogens (tertiary/aromatic N) is 3. The Bertz CT molecular complexity index is 437. The Labute approximate surface area is 116 Å². The number of aromatic nitrogens is 2. The van der Waals surface area contributed by atoms with Crippen LogP contribution in [0.25, 0.3) is 0 Å². The van der Waals surface area contributed by atoms with E-state index >= 15 is 0 Å². The van der Waals surface area contributed by atoms with Crippen molar-refractivity contribution in [2.24, 2.45) is 13.0 Å². The van der Waals surface area contributed by atoms with Crippen molar-refractivity contribution >= 4 is 0 Å². The number of hydrogen-bond donors (Lipinski definition) is 1. The van der Waals surface area contributed by atoms with Crippen molar-refractivity contribution in [3.8, 4) is 0 Å². The molecule has 2 atom stereocenters. The highest BCUT2D eigenvalue weighted by molar-refractivity contribution is 5.07. The second-order valence-electron chi connectivity index (χ2n) is 6.58. The average molecular weight is 262 g/mol. The molecule has 1 saturated heterocycles. The molecule has 2 aliphatic rings. The molecule has 4 heteroatoms. The summed E-state index contributed by atoms with van der Waals surface area (Å²) < 4.78 is 1.90. The van der Waals surface area contributed by atoms with E-state index in [0.717, 1.165) is 19.0 Å². The predicted molar refractivity (Wildman–Crippen MR) is 76.8 cm³/mol. The van der Waals surface area contributed by atoms with Gasteiger partial charge in [-0.3, -0.25) is 9.58 Å². The van der Waals surface area contributed by atoms with Crippen LogP contribution in [0.2, 0.25) is 0 Å². The summed E-state index contributed by atoms with van der Waals surface area (Å²) in [6, 6.07) is 0.705. The monoisotopic (exact) mass is 262 g/mol. The Balaban J connectivity index is 1.72. The molecule has 0 amide bonds. The van der Waals surface area contributed by atoms with Gasteiger partial charge in [0.05, 0.1) is 6.20 Å². The third-order valence-electron chi connectivity index (χ3n) is 5.01. The Morgan fingerprint density at radius 3 is 2.84 bits per heavy atom. The highest BCUT2D eigenvalue weighted by Crippen LogP contribution is 2.36. The van der Waals surface area contributed by atoms with Gasteiger partial charge in [-0.05, 0) is 32.1 Å². The van der Waals surface area contributed by atoms with E-state index in [1.165, 1.54) is 31.4 Å². The first-order valence-electron chi connectivity index (χ1n) is 7.57. The van der Waals surface area contributed by atoms with Gasteiger partial charge in [0.25, 0.3) is 0 Å². The fraction of sp³-hybridized carbons (Fsp3) is 0.800. The second kappa shape index (κ2) is 4.91. The van der Waals surface area contributed by atoms with Crippen LogP contribution in [-0.2, 0) is 13.6 Å². The normalized spacial score (nSPS) is 32.7. The highest BCUT2D eigenvalue weighted by Gasteiger charge is 2.41. The third kappa shape index (κ3) is 2.70. The minimum absolute atomic E-state index is 0.279. The van der Waals surface area contributed by atoms with Gasteiger partial charge in [0.2, 0.25) is 0 Å². The van der Waals surface area contributed by atoms with Crippen LogP contribution in [0.4, 0.5) is 0 Å². The van der Waals surface area contributed by atoms with Crippen LogP contribution in [-0.4, -0.2) is 39.4 Å². The minimum atomic E-state index is 0.279. The van der Waals surface area contributed by atoms with Crippen molar-refractivity contribution < 1.29 is 0 Å². The molecule has 2 heterocycles. The number of aryl methyl sites for hydroxylation is 1. The van der Waals surface area contributed by atoms with E-state index in [4.69, 9.17) is 0 Å². The van der Waals surface area contributed by atoms with E-state index < -0.39 is 0 Å². The molecule has 1 N–H and O–H groups in total. The molecular weight excluding hydrogens is 236 g/mol. The van der Waals surface area contributed by atoms with Gasteiger partial charge in [0.1, 0.15) is 0 Å². The standard InChI is InChI=1S/C15H26N4/c1-4-15(2)11-16-14(13-5-6-13)10-19(15)9-12-7-17-18(3)8-12/h7-8,13-14,16H,4-6,9-11H2,1-3H3. The summed E-state index contributed by atoms with van der Waals surface area (Å²) in [5.41, 5.74) is 1.61. The van der Waals surface area contributed by atoms with E-state index in [-0.39, 0.29) is 5.54 Å². The molecule has 0 aromatic carbocycles. The van der Waals surface area contributed by atoms with Crippen LogP contribution in [0, 0.1) is 5.92 Å². The average Bonchev–Trinajstić information content (AvgIpc) is 3.16. The zero-order valence-corrected chi connectivity index (χ0v) is 12.4. The van der Waals surface area contributed by atoms with Gasteiger partial charge in [0, 0.05) is 50.0 Å². The maximum absolute atomic E-state index is 4.30. The second-order valence-corrected chi connectivity index (χ2v) is 6.58. The lowest BCUT2D eigenvalue weighted by atomic mass is 9.90. The quantitative estimate of drug-likeness (QED) is 0.898. The van der Waals surface area contributed by atoms with Crippen LogP contribution >= 0.6 is 0 Å². The van der Waals surface area contributed by atoms with E-state index in [9.17, 15) is 0 Å². The van der Waals surface area contributed by atoms with E-state index in [1.54, 1.807) is 0 Å². The lowest BCUT2D eigenvalue weighted by molar-refractivity contribution is 0.0369. The maximum Gasteiger partial charge on any atom is 0.0534 e. The summed E-state index contributed by atoms with van der Waals surface area (Å²) >= 11 is 0. The van der Waals surface area contributed by atoms with Crippen LogP contribution < -0.4 is 5.32 Å². The van der Waals surface area contributed by atoms with E-state index in [2.05, 4.69) is 35.4 Å². The topological polar surface area (TPSA) is 33.1 Å². The predicted octanol–water partition coefficient (Wildman–Crippen LogP) is 1.77. The van der Waals surface area contributed by atoms with Crippen LogP contribution in [0.1, 0.15) is 38.7 Å². The van der Waals surface area contributed by atoms with Crippen molar-refractivity contribution in [2.75, 3.05) is 13.1 Å². The van der Waals surface area contributed by atoms with Gasteiger partial charge in [-0.2, -0.15) is 5.10 Å². The van der Waals surface area contributed by atoms with Gasteiger partial charge < -0.3 is 5.32 Å². The van der Waals surface area contributed by atoms with Crippen molar-refractivity contribution in [3.63, 3.8) is 0 Å². The summed E-state index contributed by atoms with van der Waals surface area (Å²) in [6.07, 6.45) is 8.18. The molecule has 4 nitrogen and oxygen atoms in total. The van der Waals surface area contributed by atoms with Crippen molar-refractivity contribution in [1.29, 1.82) is 0 Å². The largest absolute Gasteiger partial charge is 0.311 e. The summed E-state index contributed by atoms with van der Waals surface area (Å²) in [5, 5.41) is 8.08. The maximum atomic E-state index is 4.30. The molecule has 1 aliphatic heterocycles. The summed E-state index contributed by atoms with van der Waals surface area (Å²) in [5.74, 6) is 0.929. The lowest BCUT2D eigenvalue weighted by Gasteiger charge is -2.48. The Morgan fingerprint density at radius 1 is 1.47 bits per heavy atom. The summed E-state index contributed by atoms with van der Waals surface area (Å²) in [6.45, 7) is 8.02. The first kappa shape index (κ1) is 13.1. The van der Waals surface area contributed by atoms with Gasteiger partial charge in [0.15, 0.2) is 0 Å². The van der Waals surface area contributed by atoms with Gasteiger partial charge in [-0.1, -0.05) is 6.92 Å². The molecule has 0 radical (unpaired) electrons. The number of piperazine rings is 1. The molecule has 3 rings (SSSR count). The van der Waals surface area contributed by atoms with E-state index in [1.807, 2.05) is 17.9 Å². The van der Waals surface area contributed by atoms with Gasteiger partial charge in [-0.15, -0.1) is 0 Å². The number of hydrogen-bond acceptors (Lipinski definition) is 3. The van der Waals surface area contributed by atoms with Gasteiger partial charge in [-0.25, -0.2) is 0 Å². The minimum Gasteiger partial charge on any atom is -0.311 e. The Hall–Kier alpha value is -0.870. The molecule has 1 saturated carbocycles. The lowest BCUT2D eigenvalue weighted by Crippen LogP contribution is -2.63. The number of nitrogens with one attached hydrogen (secondary N) is 1. The summed E-state index contributed by atoms with van der Waals surface area (Å²) in [7, 11) is 1.99. The number of rotatable bonds is 4. The molecule has 0 bridgehead atoms. The van der Waals surface area contributed by atoms with Crippen LogP contribution in [0.5, 0.6) is 0 Å². The molecule has 106 valence electrons. The molecule has 19 heavy (non-hydrogen) atoms. The zero-order chi connectivity index (χ0) is 13.5. The zero-order valence-electron chi connectivity index (χ0n) is 12.4. The fourth-order valence-electron chi connectivity index (χ4n) is 3.18. The Kier molecular flexibility index (Phi) is 3.39. The fourth-order valence-corrected chi connectivity index (χ4v) is 3.18. The van der Waals surface area contributed by atoms with Crippen LogP contribution in [0.3, 0.4) is 0 Å². The Morgan fingerprint density at radius 2 is 2.26 bits per heavy atom. The first-order chi connectivity index (χ1) is 9.10. The van der Waals surface area contributed by atoms with Gasteiger partial charge >= 0.3 is 0 Å². The molecule has 0 spiro atoms. The molecule has 2 unspecified atom stereocenters.